The molecule has 130 valence electrons. The quantitative estimate of drug-likeness (QED) is 0.745. The zero-order chi connectivity index (χ0) is 17.5. The Labute approximate surface area is 143 Å². The molecule has 1 aliphatic rings. The summed E-state index contributed by atoms with van der Waals surface area (Å²) in [6.45, 7) is 5.17. The summed E-state index contributed by atoms with van der Waals surface area (Å²) in [6, 6.07) is 7.38. The topological polar surface area (TPSA) is 65.8 Å². The number of hydrogen-bond acceptors (Lipinski definition) is 5. The highest BCUT2D eigenvalue weighted by atomic mass is 16.5. The molecule has 1 amide bonds. The van der Waals surface area contributed by atoms with Gasteiger partial charge in [0.25, 0.3) is 0 Å². The Bertz CT molecular complexity index is 612. The van der Waals surface area contributed by atoms with Crippen molar-refractivity contribution in [2.75, 3.05) is 40.4 Å². The molecule has 0 aromatic heterocycles. The van der Waals surface area contributed by atoms with Gasteiger partial charge < -0.3 is 19.3 Å². The smallest absolute Gasteiger partial charge is 0.223 e. The molecular weight excluding hydrogens is 306 g/mol. The number of piperazine rings is 1. The molecule has 1 heterocycles. The number of rotatable bonds is 6. The molecule has 1 saturated heterocycles. The number of methoxy groups -OCH3 is 1. The molecule has 1 aromatic carbocycles. The summed E-state index contributed by atoms with van der Waals surface area (Å²) in [5, 5.41) is 8.89. The molecule has 0 unspecified atom stereocenters. The number of benzene rings is 1. The molecule has 0 spiro atoms. The Morgan fingerprint density at radius 2 is 2.17 bits per heavy atom. The lowest BCUT2D eigenvalue weighted by Gasteiger charge is -2.38. The molecule has 0 N–H and O–H groups in total. The summed E-state index contributed by atoms with van der Waals surface area (Å²) in [4.78, 5) is 16.5. The van der Waals surface area contributed by atoms with Crippen molar-refractivity contribution in [3.63, 3.8) is 0 Å². The van der Waals surface area contributed by atoms with Crippen molar-refractivity contribution in [2.24, 2.45) is 0 Å². The van der Waals surface area contributed by atoms with Crippen molar-refractivity contribution in [2.45, 2.75) is 25.8 Å². The third-order valence-corrected chi connectivity index (χ3v) is 4.24. The molecule has 1 aromatic rings. The minimum Gasteiger partial charge on any atom is -0.493 e. The van der Waals surface area contributed by atoms with Crippen LogP contribution in [0.5, 0.6) is 11.5 Å². The van der Waals surface area contributed by atoms with Crippen LogP contribution in [0.3, 0.4) is 0 Å². The molecule has 2 rings (SSSR count). The van der Waals surface area contributed by atoms with Crippen LogP contribution >= 0.6 is 0 Å². The average Bonchev–Trinajstić information content (AvgIpc) is 2.58. The minimum absolute atomic E-state index is 0.186. The number of nitrogens with zero attached hydrogens (tertiary/aromatic N) is 3. The van der Waals surface area contributed by atoms with Crippen LogP contribution in [0.2, 0.25) is 0 Å². The van der Waals surface area contributed by atoms with E-state index in [-0.39, 0.29) is 11.9 Å². The largest absolute Gasteiger partial charge is 0.493 e. The van der Waals surface area contributed by atoms with Crippen LogP contribution in [-0.2, 0) is 4.79 Å². The van der Waals surface area contributed by atoms with Gasteiger partial charge >= 0.3 is 0 Å². The maximum absolute atomic E-state index is 12.3. The molecule has 24 heavy (non-hydrogen) atoms. The van der Waals surface area contributed by atoms with Crippen LogP contribution in [0.4, 0.5) is 0 Å². The number of carbonyl (C=O) groups is 1. The predicted molar refractivity (Wildman–Crippen MR) is 91.1 cm³/mol. The van der Waals surface area contributed by atoms with Crippen LogP contribution in [0.1, 0.15) is 25.3 Å². The number of amides is 1. The van der Waals surface area contributed by atoms with Gasteiger partial charge in [-0.05, 0) is 32.5 Å². The SMILES string of the molecule is COc1cc(C#N)ccc1OCCCC(=O)N1CCN(C)C[C@@H]1C. The highest BCUT2D eigenvalue weighted by molar-refractivity contribution is 5.76. The van der Waals surface area contributed by atoms with Gasteiger partial charge in [0.1, 0.15) is 0 Å². The third-order valence-electron chi connectivity index (χ3n) is 4.24. The summed E-state index contributed by atoms with van der Waals surface area (Å²) in [5.41, 5.74) is 0.526. The van der Waals surface area contributed by atoms with Crippen LogP contribution < -0.4 is 9.47 Å². The van der Waals surface area contributed by atoms with Gasteiger partial charge in [-0.15, -0.1) is 0 Å². The second kappa shape index (κ2) is 8.55. The molecule has 1 aliphatic heterocycles. The molecule has 0 saturated carbocycles. The average molecular weight is 331 g/mol. The van der Waals surface area contributed by atoms with E-state index in [1.165, 1.54) is 0 Å². The summed E-state index contributed by atoms with van der Waals surface area (Å²) in [6.07, 6.45) is 1.13. The van der Waals surface area contributed by atoms with Crippen molar-refractivity contribution in [1.82, 2.24) is 9.80 Å². The lowest BCUT2D eigenvalue weighted by atomic mass is 10.1. The van der Waals surface area contributed by atoms with E-state index in [9.17, 15) is 4.79 Å². The zero-order valence-corrected chi connectivity index (χ0v) is 14.6. The van der Waals surface area contributed by atoms with Gasteiger partial charge in [0, 0.05) is 38.2 Å². The fourth-order valence-corrected chi connectivity index (χ4v) is 2.92. The maximum Gasteiger partial charge on any atom is 0.223 e. The summed E-state index contributed by atoms with van der Waals surface area (Å²) < 4.78 is 10.9. The van der Waals surface area contributed by atoms with Crippen molar-refractivity contribution >= 4 is 5.91 Å². The van der Waals surface area contributed by atoms with E-state index in [1.807, 2.05) is 4.90 Å². The number of hydrogen-bond donors (Lipinski definition) is 0. The fourth-order valence-electron chi connectivity index (χ4n) is 2.92. The normalized spacial score (nSPS) is 18.1. The Balaban J connectivity index is 1.79. The van der Waals surface area contributed by atoms with Gasteiger partial charge in [-0.1, -0.05) is 0 Å². The van der Waals surface area contributed by atoms with Gasteiger partial charge in [0.2, 0.25) is 5.91 Å². The van der Waals surface area contributed by atoms with Crippen molar-refractivity contribution in [1.29, 1.82) is 5.26 Å². The zero-order valence-electron chi connectivity index (χ0n) is 14.6. The van der Waals surface area contributed by atoms with E-state index in [4.69, 9.17) is 14.7 Å². The summed E-state index contributed by atoms with van der Waals surface area (Å²) in [5.74, 6) is 1.32. The van der Waals surface area contributed by atoms with Crippen LogP contribution in [0.25, 0.3) is 0 Å². The first-order valence-electron chi connectivity index (χ1n) is 8.24. The molecule has 6 nitrogen and oxygen atoms in total. The highest BCUT2D eigenvalue weighted by Crippen LogP contribution is 2.28. The van der Waals surface area contributed by atoms with E-state index < -0.39 is 0 Å². The van der Waals surface area contributed by atoms with E-state index in [2.05, 4.69) is 24.9 Å². The van der Waals surface area contributed by atoms with Gasteiger partial charge in [-0.2, -0.15) is 5.26 Å². The first-order chi connectivity index (χ1) is 11.5. The van der Waals surface area contributed by atoms with Crippen molar-refractivity contribution in [3.8, 4) is 17.6 Å². The second-order valence-corrected chi connectivity index (χ2v) is 6.13. The van der Waals surface area contributed by atoms with Crippen LogP contribution in [0, 0.1) is 11.3 Å². The monoisotopic (exact) mass is 331 g/mol. The van der Waals surface area contributed by atoms with Gasteiger partial charge in [0.05, 0.1) is 25.3 Å². The van der Waals surface area contributed by atoms with E-state index in [0.29, 0.717) is 36.5 Å². The highest BCUT2D eigenvalue weighted by Gasteiger charge is 2.25. The molecule has 0 bridgehead atoms. The van der Waals surface area contributed by atoms with E-state index in [1.54, 1.807) is 25.3 Å². The van der Waals surface area contributed by atoms with Crippen LogP contribution in [0.15, 0.2) is 18.2 Å². The third kappa shape index (κ3) is 4.62. The van der Waals surface area contributed by atoms with Crippen LogP contribution in [-0.4, -0.2) is 62.1 Å². The molecule has 0 aliphatic carbocycles. The van der Waals surface area contributed by atoms with Crippen molar-refractivity contribution in [3.05, 3.63) is 23.8 Å². The molecule has 6 heteroatoms. The Morgan fingerprint density at radius 3 is 2.83 bits per heavy atom. The molecule has 0 radical (unpaired) electrons. The lowest BCUT2D eigenvalue weighted by Crippen LogP contribution is -2.52. The maximum atomic E-state index is 12.3. The first-order valence-corrected chi connectivity index (χ1v) is 8.24. The number of likely N-dealkylation sites (N-methyl/N-ethyl adjacent to an activating group) is 1. The van der Waals surface area contributed by atoms with Gasteiger partial charge in [0.15, 0.2) is 11.5 Å². The summed E-state index contributed by atoms with van der Waals surface area (Å²) >= 11 is 0. The first kappa shape index (κ1) is 18.1. The number of ether oxygens (including phenoxy) is 2. The van der Waals surface area contributed by atoms with E-state index >= 15 is 0 Å². The molecule has 1 fully saturated rings. The Hall–Kier alpha value is -2.26. The fraction of sp³-hybridized carbons (Fsp3) is 0.556. The Morgan fingerprint density at radius 1 is 1.38 bits per heavy atom. The predicted octanol–water partition coefficient (Wildman–Crippen LogP) is 1.89. The summed E-state index contributed by atoms with van der Waals surface area (Å²) in [7, 11) is 3.62. The molecular formula is C18H25N3O3. The van der Waals surface area contributed by atoms with Crippen molar-refractivity contribution < 1.29 is 14.3 Å². The van der Waals surface area contributed by atoms with Gasteiger partial charge in [-0.3, -0.25) is 4.79 Å². The van der Waals surface area contributed by atoms with Gasteiger partial charge in [-0.25, -0.2) is 0 Å². The standard InChI is InChI=1S/C18H25N3O3/c1-14-13-20(2)8-9-21(14)18(22)5-4-10-24-16-7-6-15(12-19)11-17(16)23-3/h6-7,11,14H,4-5,8-10,13H2,1-3H3/t14-/m0/s1. The lowest BCUT2D eigenvalue weighted by molar-refractivity contribution is -0.135. The number of nitriles is 1. The second-order valence-electron chi connectivity index (χ2n) is 6.13. The number of carbonyl (C=O) groups excluding carboxylic acids is 1. The molecule has 1 atom stereocenters. The van der Waals surface area contributed by atoms with E-state index in [0.717, 1.165) is 19.6 Å². The minimum atomic E-state index is 0.186. The Kier molecular flexibility index (Phi) is 6.44.